The lowest BCUT2D eigenvalue weighted by Gasteiger charge is -2.53. The second kappa shape index (κ2) is 13.4. The minimum absolute atomic E-state index is 0. The summed E-state index contributed by atoms with van der Waals surface area (Å²) in [6.45, 7) is 17.1. The first-order chi connectivity index (χ1) is 18.5. The molecule has 0 radical (unpaired) electrons. The third kappa shape index (κ3) is 6.86. The van der Waals surface area contributed by atoms with Gasteiger partial charge in [-0.3, -0.25) is 9.69 Å². The Balaban J connectivity index is 0.00000441. The van der Waals surface area contributed by atoms with Crippen molar-refractivity contribution in [2.45, 2.75) is 78.9 Å². The van der Waals surface area contributed by atoms with E-state index in [-0.39, 0.29) is 47.1 Å². The van der Waals surface area contributed by atoms with E-state index in [1.165, 1.54) is 18.2 Å². The number of benzene rings is 1. The number of carbonyl (C=O) groups excluding carboxylic acids is 1. The minimum Gasteiger partial charge on any atom is -0.435 e. The molecule has 0 aliphatic carbocycles. The van der Waals surface area contributed by atoms with Crippen molar-refractivity contribution in [3.63, 3.8) is 0 Å². The van der Waals surface area contributed by atoms with E-state index in [2.05, 4.69) is 33.8 Å². The number of carbonyl (C=O) groups is 1. The summed E-state index contributed by atoms with van der Waals surface area (Å²) in [5.74, 6) is 0.447. The third-order valence-electron chi connectivity index (χ3n) is 8.19. The van der Waals surface area contributed by atoms with E-state index >= 15 is 0 Å². The van der Waals surface area contributed by atoms with Gasteiger partial charge in [-0.1, -0.05) is 13.8 Å². The fourth-order valence-electron chi connectivity index (χ4n) is 6.41. The predicted octanol–water partition coefficient (Wildman–Crippen LogP) is 5.36. The van der Waals surface area contributed by atoms with Crippen molar-refractivity contribution < 1.29 is 13.9 Å². The van der Waals surface area contributed by atoms with E-state index in [4.69, 9.17) is 10.5 Å². The van der Waals surface area contributed by atoms with E-state index in [0.717, 1.165) is 57.7 Å². The van der Waals surface area contributed by atoms with Crippen LogP contribution in [0.1, 0.15) is 71.2 Å². The van der Waals surface area contributed by atoms with E-state index in [9.17, 15) is 9.18 Å². The molecular weight excluding hydrogens is 531 g/mol. The molecule has 2 fully saturated rings. The van der Waals surface area contributed by atoms with Crippen LogP contribution in [0.2, 0.25) is 0 Å². The van der Waals surface area contributed by atoms with Crippen LogP contribution in [-0.4, -0.2) is 76.8 Å². The first-order valence-electron chi connectivity index (χ1n) is 14.4. The summed E-state index contributed by atoms with van der Waals surface area (Å²) in [4.78, 5) is 20.1. The Morgan fingerprint density at radius 3 is 2.45 bits per heavy atom. The largest absolute Gasteiger partial charge is 0.435 e. The number of amides is 1. The average Bonchev–Trinajstić information content (AvgIpc) is 3.30. The molecule has 1 aromatic heterocycles. The second-order valence-electron chi connectivity index (χ2n) is 12.2. The molecule has 4 rings (SSSR count). The first kappa shape index (κ1) is 32.0. The molecular formula is C30H46ClFN6O2. The summed E-state index contributed by atoms with van der Waals surface area (Å²) in [6.07, 6.45) is 4.97. The topological polar surface area (TPSA) is 87.8 Å². The number of ether oxygens (including phenoxy) is 1. The predicted molar refractivity (Wildman–Crippen MR) is 160 cm³/mol. The summed E-state index contributed by atoms with van der Waals surface area (Å²) < 4.78 is 20.5. The Labute approximate surface area is 244 Å². The molecule has 40 heavy (non-hydrogen) atoms. The summed E-state index contributed by atoms with van der Waals surface area (Å²) in [5, 5.41) is 8.35. The van der Waals surface area contributed by atoms with Crippen molar-refractivity contribution in [3.05, 3.63) is 41.8 Å². The van der Waals surface area contributed by atoms with Crippen molar-refractivity contribution in [2.24, 2.45) is 17.1 Å². The van der Waals surface area contributed by atoms with Crippen molar-refractivity contribution in [1.29, 1.82) is 0 Å². The van der Waals surface area contributed by atoms with Gasteiger partial charge >= 0.3 is 0 Å². The summed E-state index contributed by atoms with van der Waals surface area (Å²) in [6, 6.07) is 6.44. The van der Waals surface area contributed by atoms with Crippen LogP contribution in [0.5, 0.6) is 11.6 Å². The third-order valence-corrected chi connectivity index (χ3v) is 8.19. The standard InChI is InChI=1S/C30H45FN6O2.ClH/c1-20(2)25(8-7-13-32)36-18-30(19-36)12-15-35(17-30)26-11-14-33-34-28(26)39-27-10-9-23(31)16-24(27)29(38)37(21(3)4)22(5)6;/h9-11,14,16,20-22,25H,7-8,12-13,15,17-19,32H2,1-6H3;1H. The summed E-state index contributed by atoms with van der Waals surface area (Å²) >= 11 is 0. The highest BCUT2D eigenvalue weighted by atomic mass is 35.5. The van der Waals surface area contributed by atoms with Crippen LogP contribution in [0.15, 0.2) is 30.5 Å². The molecule has 0 bridgehead atoms. The van der Waals surface area contributed by atoms with Crippen LogP contribution < -0.4 is 15.4 Å². The molecule has 222 valence electrons. The molecule has 2 aliphatic heterocycles. The number of hydrogen-bond donors (Lipinski definition) is 1. The quantitative estimate of drug-likeness (QED) is 0.385. The molecule has 1 spiro atoms. The molecule has 1 atom stereocenters. The highest BCUT2D eigenvalue weighted by Crippen LogP contribution is 2.45. The number of rotatable bonds is 11. The van der Waals surface area contributed by atoms with Crippen molar-refractivity contribution in [3.8, 4) is 11.6 Å². The maximum absolute atomic E-state index is 14.3. The SMILES string of the molecule is CC(C)C(CCCN)N1CC2(CCN(c3ccnnc3Oc3ccc(F)cc3C(=O)N(C(C)C)C(C)C)C2)C1.Cl. The van der Waals surface area contributed by atoms with Gasteiger partial charge in [-0.25, -0.2) is 4.39 Å². The van der Waals surface area contributed by atoms with Gasteiger partial charge in [0.2, 0.25) is 0 Å². The van der Waals surface area contributed by atoms with Gasteiger partial charge in [-0.15, -0.1) is 17.5 Å². The van der Waals surface area contributed by atoms with Gasteiger partial charge in [-0.05, 0) is 83.7 Å². The first-order valence-corrected chi connectivity index (χ1v) is 14.4. The molecule has 8 nitrogen and oxygen atoms in total. The molecule has 2 aliphatic rings. The van der Waals surface area contributed by atoms with E-state index in [1.807, 2.05) is 33.8 Å². The van der Waals surface area contributed by atoms with Crippen LogP contribution in [-0.2, 0) is 0 Å². The molecule has 1 amide bonds. The van der Waals surface area contributed by atoms with E-state index in [0.29, 0.717) is 17.8 Å². The maximum Gasteiger partial charge on any atom is 0.262 e. The Hall–Kier alpha value is -2.49. The number of likely N-dealkylation sites (tertiary alicyclic amines) is 1. The van der Waals surface area contributed by atoms with Crippen LogP contribution >= 0.6 is 12.4 Å². The van der Waals surface area contributed by atoms with Gasteiger partial charge < -0.3 is 20.3 Å². The summed E-state index contributed by atoms with van der Waals surface area (Å²) in [7, 11) is 0. The van der Waals surface area contributed by atoms with Crippen molar-refractivity contribution in [1.82, 2.24) is 20.0 Å². The monoisotopic (exact) mass is 576 g/mol. The van der Waals surface area contributed by atoms with Gasteiger partial charge in [0, 0.05) is 49.7 Å². The van der Waals surface area contributed by atoms with Crippen molar-refractivity contribution in [2.75, 3.05) is 37.6 Å². The van der Waals surface area contributed by atoms with Gasteiger partial charge in [0.1, 0.15) is 17.3 Å². The van der Waals surface area contributed by atoms with Crippen LogP contribution in [0, 0.1) is 17.2 Å². The smallest absolute Gasteiger partial charge is 0.262 e. The van der Waals surface area contributed by atoms with Crippen molar-refractivity contribution >= 4 is 24.0 Å². The lowest BCUT2D eigenvalue weighted by atomic mass is 9.76. The average molecular weight is 577 g/mol. The molecule has 2 aromatic rings. The number of nitrogens with zero attached hydrogens (tertiary/aromatic N) is 5. The highest BCUT2D eigenvalue weighted by Gasteiger charge is 2.50. The van der Waals surface area contributed by atoms with E-state index in [1.54, 1.807) is 11.1 Å². The van der Waals surface area contributed by atoms with Crippen LogP contribution in [0.4, 0.5) is 10.1 Å². The molecule has 1 unspecified atom stereocenters. The number of anilines is 1. The second-order valence-corrected chi connectivity index (χ2v) is 12.2. The molecule has 10 heteroatoms. The molecule has 1 aromatic carbocycles. The van der Waals surface area contributed by atoms with Gasteiger partial charge in [0.05, 0.1) is 11.8 Å². The number of hydrogen-bond acceptors (Lipinski definition) is 7. The summed E-state index contributed by atoms with van der Waals surface area (Å²) in [5.41, 5.74) is 7.07. The Morgan fingerprint density at radius 1 is 1.12 bits per heavy atom. The highest BCUT2D eigenvalue weighted by molar-refractivity contribution is 5.97. The zero-order valence-corrected chi connectivity index (χ0v) is 25.6. The maximum atomic E-state index is 14.3. The molecule has 3 heterocycles. The lowest BCUT2D eigenvalue weighted by molar-refractivity contribution is -0.0337. The zero-order valence-electron chi connectivity index (χ0n) is 24.8. The zero-order chi connectivity index (χ0) is 28.3. The Kier molecular flexibility index (Phi) is 10.8. The Morgan fingerprint density at radius 2 is 1.82 bits per heavy atom. The van der Waals surface area contributed by atoms with Gasteiger partial charge in [0.25, 0.3) is 11.8 Å². The van der Waals surface area contributed by atoms with Gasteiger partial charge in [0.15, 0.2) is 0 Å². The number of aromatic nitrogens is 2. The number of halogens is 2. The fourth-order valence-corrected chi connectivity index (χ4v) is 6.41. The normalized spacial score (nSPS) is 17.3. The fraction of sp³-hybridized carbons (Fsp3) is 0.633. The van der Waals surface area contributed by atoms with E-state index < -0.39 is 5.82 Å². The molecule has 2 saturated heterocycles. The molecule has 2 N–H and O–H groups in total. The van der Waals surface area contributed by atoms with Crippen LogP contribution in [0.25, 0.3) is 0 Å². The minimum atomic E-state index is -0.486. The van der Waals surface area contributed by atoms with Crippen LogP contribution in [0.3, 0.4) is 0 Å². The Bertz CT molecular complexity index is 1130. The number of nitrogens with two attached hydrogens (primary N) is 1. The molecule has 0 saturated carbocycles. The lowest BCUT2D eigenvalue weighted by Crippen LogP contribution is -2.61. The van der Waals surface area contributed by atoms with Gasteiger partial charge in [-0.2, -0.15) is 5.10 Å².